The molecule has 2 aromatic rings. The van der Waals surface area contributed by atoms with Gasteiger partial charge in [-0.2, -0.15) is 0 Å². The van der Waals surface area contributed by atoms with Crippen LogP contribution < -0.4 is 21.3 Å². The second kappa shape index (κ2) is 28.6. The number of aromatic hydroxyl groups is 1. The minimum atomic E-state index is -1.34. The summed E-state index contributed by atoms with van der Waals surface area (Å²) >= 11 is 6.15. The van der Waals surface area contributed by atoms with Crippen LogP contribution in [0.25, 0.3) is 0 Å². The van der Waals surface area contributed by atoms with Crippen LogP contribution in [0.4, 0.5) is 4.79 Å². The summed E-state index contributed by atoms with van der Waals surface area (Å²) in [6.07, 6.45) is -0.0839. The molecular weight excluding hydrogens is 948 g/mol. The summed E-state index contributed by atoms with van der Waals surface area (Å²) in [4.78, 5) is 113. The topological polar surface area (TPSA) is 239 Å². The van der Waals surface area contributed by atoms with Crippen molar-refractivity contribution in [3.8, 4) is 5.75 Å². The highest BCUT2D eigenvalue weighted by Gasteiger charge is 2.37. The number of carbonyl (C=O) groups excluding carboxylic acids is 8. The van der Waals surface area contributed by atoms with Gasteiger partial charge >= 0.3 is 18.0 Å². The summed E-state index contributed by atoms with van der Waals surface area (Å²) < 4.78 is 17.9. The standard InChI is InChI=1S/C53H75ClN6O12/c1-13-31(5)45-48(64)57-36(10)52(68)72-46(32(6)14-2)34(8)42(71-53(69)55-26-25-37-18-22-40(61)23-19-37)24-15-33(7)51(67)70-43(27-30(3)4)47(63)56-35(9)49(65)60(12)41(28-38-16-20-39(54)21-17-38)50(66)59(11)29-44(62)58-45/h14-23,30-31,34-36,41-43,45-46,61H,13,24-29H2,1-12H3,(H,55,69)(H,56,63)(H,57,64)(H,58,62)/b32-14+,33-15+/t31?,34-,35-,36+,41+,42-,43+,45-,46+/m0/s1. The Labute approximate surface area is 429 Å². The molecule has 3 rings (SSSR count). The van der Waals surface area contributed by atoms with Gasteiger partial charge in [-0.1, -0.05) is 89.1 Å². The average Bonchev–Trinajstić information content (AvgIpc) is 3.34. The van der Waals surface area contributed by atoms with Crippen LogP contribution in [0.5, 0.6) is 5.75 Å². The van der Waals surface area contributed by atoms with Crippen LogP contribution >= 0.6 is 11.6 Å². The van der Waals surface area contributed by atoms with Crippen LogP contribution in [-0.2, 0) is 60.6 Å². The fraction of sp³-hybridized carbons (Fsp3) is 0.547. The van der Waals surface area contributed by atoms with Gasteiger partial charge < -0.3 is 50.4 Å². The van der Waals surface area contributed by atoms with E-state index in [9.17, 15) is 43.5 Å². The number of cyclic esters (lactones) is 2. The molecule has 9 atom stereocenters. The van der Waals surface area contributed by atoms with Gasteiger partial charge in [0.2, 0.25) is 23.6 Å². The Balaban J connectivity index is 2.10. The number of alkyl carbamates (subject to hydrolysis) is 1. The van der Waals surface area contributed by atoms with E-state index in [1.54, 1.807) is 70.2 Å². The van der Waals surface area contributed by atoms with Gasteiger partial charge in [0.05, 0.1) is 6.54 Å². The molecule has 396 valence electrons. The van der Waals surface area contributed by atoms with Crippen LogP contribution in [0.15, 0.2) is 71.8 Å². The number of rotatable bonds is 11. The van der Waals surface area contributed by atoms with Crippen LogP contribution in [0, 0.1) is 17.8 Å². The van der Waals surface area contributed by atoms with E-state index in [2.05, 4.69) is 21.3 Å². The molecule has 0 bridgehead atoms. The van der Waals surface area contributed by atoms with Gasteiger partial charge in [-0.3, -0.25) is 24.0 Å². The van der Waals surface area contributed by atoms with Gasteiger partial charge in [-0.15, -0.1) is 0 Å². The molecule has 72 heavy (non-hydrogen) atoms. The Morgan fingerprint density at radius 2 is 1.50 bits per heavy atom. The number of phenols is 1. The van der Waals surface area contributed by atoms with Gasteiger partial charge in [0.15, 0.2) is 6.10 Å². The molecule has 0 aromatic heterocycles. The number of likely N-dealkylation sites (N-methyl/N-ethyl adjacent to an activating group) is 2. The Hall–Kier alpha value is -6.43. The van der Waals surface area contributed by atoms with Crippen molar-refractivity contribution in [2.24, 2.45) is 17.8 Å². The largest absolute Gasteiger partial charge is 0.508 e. The van der Waals surface area contributed by atoms with E-state index in [4.69, 9.17) is 25.8 Å². The van der Waals surface area contributed by atoms with Gasteiger partial charge in [0.25, 0.3) is 5.91 Å². The highest BCUT2D eigenvalue weighted by Crippen LogP contribution is 2.26. The lowest BCUT2D eigenvalue weighted by Crippen LogP contribution is -2.57. The van der Waals surface area contributed by atoms with E-state index in [0.717, 1.165) is 10.5 Å². The number of carbonyl (C=O) groups is 8. The second-order valence-corrected chi connectivity index (χ2v) is 19.5. The SMILES string of the molecule is C/C=C(\C)[C@H]1OC(=O)[C@@H](C)NC(=O)[C@H](C(C)CC)NC(=O)CN(C)C(=O)[C@@H](Cc2ccc(Cl)cc2)N(C)C(=O)[C@H](C)NC(=O)[C@@H](CC(C)C)OC(=O)/C(C)=C/C[C@H](OC(=O)NCCc2ccc(O)cc2)[C@@H]1C. The van der Waals surface area contributed by atoms with Crippen molar-refractivity contribution >= 4 is 59.2 Å². The number of ether oxygens (including phenoxy) is 3. The lowest BCUT2D eigenvalue weighted by atomic mass is 9.90. The molecule has 6 amide bonds. The zero-order valence-electron chi connectivity index (χ0n) is 43.7. The van der Waals surface area contributed by atoms with Gasteiger partial charge in [0.1, 0.15) is 42.1 Å². The van der Waals surface area contributed by atoms with Crippen molar-refractivity contribution in [2.75, 3.05) is 27.2 Å². The average molecular weight is 1020 g/mol. The van der Waals surface area contributed by atoms with Crippen molar-refractivity contribution < 1.29 is 57.7 Å². The molecule has 1 aliphatic heterocycles. The Kier molecular flexibility index (Phi) is 23.8. The van der Waals surface area contributed by atoms with E-state index in [1.165, 1.54) is 58.0 Å². The minimum Gasteiger partial charge on any atom is -0.508 e. The van der Waals surface area contributed by atoms with Crippen LogP contribution in [0.2, 0.25) is 5.02 Å². The molecule has 0 radical (unpaired) electrons. The number of amides is 6. The fourth-order valence-electron chi connectivity index (χ4n) is 7.85. The van der Waals surface area contributed by atoms with E-state index < -0.39 is 108 Å². The summed E-state index contributed by atoms with van der Waals surface area (Å²) in [5, 5.41) is 20.9. The number of nitrogens with one attached hydrogen (secondary N) is 4. The predicted molar refractivity (Wildman–Crippen MR) is 272 cm³/mol. The predicted octanol–water partition coefficient (Wildman–Crippen LogP) is 5.57. The smallest absolute Gasteiger partial charge is 0.407 e. The molecule has 18 nitrogen and oxygen atoms in total. The maximum absolute atomic E-state index is 14.3. The first-order valence-electron chi connectivity index (χ1n) is 24.5. The third kappa shape index (κ3) is 18.3. The number of benzene rings is 2. The van der Waals surface area contributed by atoms with E-state index in [0.29, 0.717) is 29.0 Å². The fourth-order valence-corrected chi connectivity index (χ4v) is 7.97. The van der Waals surface area contributed by atoms with Crippen molar-refractivity contribution in [3.05, 3.63) is 88.0 Å². The Bertz CT molecular complexity index is 2270. The number of nitrogens with zero attached hydrogens (tertiary/aromatic N) is 2. The highest BCUT2D eigenvalue weighted by atomic mass is 35.5. The van der Waals surface area contributed by atoms with E-state index in [-0.39, 0.29) is 43.0 Å². The van der Waals surface area contributed by atoms with E-state index >= 15 is 0 Å². The maximum atomic E-state index is 14.3. The van der Waals surface area contributed by atoms with Crippen molar-refractivity contribution in [3.63, 3.8) is 0 Å². The third-order valence-electron chi connectivity index (χ3n) is 12.7. The number of hydrogen-bond acceptors (Lipinski definition) is 12. The lowest BCUT2D eigenvalue weighted by Gasteiger charge is -2.33. The molecular formula is C53H75ClN6O12. The number of esters is 2. The van der Waals surface area contributed by atoms with Gasteiger partial charge in [-0.05, 0) is 100 Å². The summed E-state index contributed by atoms with van der Waals surface area (Å²) in [5.74, 6) is -6.31. The highest BCUT2D eigenvalue weighted by molar-refractivity contribution is 6.30. The third-order valence-corrected chi connectivity index (χ3v) is 13.0. The molecule has 0 aliphatic carbocycles. The summed E-state index contributed by atoms with van der Waals surface area (Å²) in [6, 6.07) is 8.40. The Morgan fingerprint density at radius 1 is 0.889 bits per heavy atom. The molecule has 0 saturated carbocycles. The number of phenolic OH excluding ortho intramolecular Hbond substituents is 1. The normalized spacial score (nSPS) is 25.6. The van der Waals surface area contributed by atoms with E-state index in [1.807, 2.05) is 20.8 Å². The number of allylic oxidation sites excluding steroid dienone is 1. The first kappa shape index (κ1) is 59.9. The molecule has 0 fully saturated rings. The zero-order valence-corrected chi connectivity index (χ0v) is 44.5. The maximum Gasteiger partial charge on any atom is 0.407 e. The Morgan fingerprint density at radius 3 is 2.10 bits per heavy atom. The molecule has 0 spiro atoms. The van der Waals surface area contributed by atoms with Crippen molar-refractivity contribution in [2.45, 2.75) is 144 Å². The first-order chi connectivity index (χ1) is 33.9. The van der Waals surface area contributed by atoms with Crippen molar-refractivity contribution in [1.29, 1.82) is 0 Å². The van der Waals surface area contributed by atoms with Gasteiger partial charge in [0, 0.05) is 50.0 Å². The summed E-state index contributed by atoms with van der Waals surface area (Å²) in [7, 11) is 2.79. The number of hydrogen-bond donors (Lipinski definition) is 5. The van der Waals surface area contributed by atoms with Gasteiger partial charge in [-0.25, -0.2) is 14.4 Å². The second-order valence-electron chi connectivity index (χ2n) is 19.1. The minimum absolute atomic E-state index is 0.000744. The molecule has 0 saturated heterocycles. The quantitative estimate of drug-likeness (QED) is 0.106. The monoisotopic (exact) mass is 1020 g/mol. The summed E-state index contributed by atoms with van der Waals surface area (Å²) in [6.45, 7) is 16.4. The van der Waals surface area contributed by atoms with Crippen molar-refractivity contribution in [1.82, 2.24) is 31.1 Å². The van der Waals surface area contributed by atoms with Crippen LogP contribution in [0.1, 0.15) is 99.6 Å². The summed E-state index contributed by atoms with van der Waals surface area (Å²) in [5.41, 5.74) is 2.15. The molecule has 5 N–H and O–H groups in total. The molecule has 1 aliphatic rings. The van der Waals surface area contributed by atoms with Crippen LogP contribution in [-0.4, -0.2) is 132 Å². The zero-order chi connectivity index (χ0) is 54.0. The molecule has 19 heteroatoms. The molecule has 2 aromatic carbocycles. The number of halogens is 1. The lowest BCUT2D eigenvalue weighted by molar-refractivity contribution is -0.155. The molecule has 1 unspecified atom stereocenters. The first-order valence-corrected chi connectivity index (χ1v) is 24.8. The molecule has 1 heterocycles. The van der Waals surface area contributed by atoms with Crippen LogP contribution in [0.3, 0.4) is 0 Å².